The van der Waals surface area contributed by atoms with Crippen LogP contribution in [0.2, 0.25) is 0 Å². The molecule has 0 unspecified atom stereocenters. The third kappa shape index (κ3) is 4.62. The lowest BCUT2D eigenvalue weighted by Gasteiger charge is -2.29. The van der Waals surface area contributed by atoms with Gasteiger partial charge < -0.3 is 38.5 Å². The average Bonchev–Trinajstić information content (AvgIpc) is 3.20. The number of rotatable bonds is 4. The van der Waals surface area contributed by atoms with Crippen molar-refractivity contribution in [1.82, 2.24) is 0 Å². The predicted molar refractivity (Wildman–Crippen MR) is 121 cm³/mol. The Balaban J connectivity index is 0.00000231. The van der Waals surface area contributed by atoms with Crippen molar-refractivity contribution in [3.8, 4) is 5.75 Å². The lowest BCUT2D eigenvalue weighted by molar-refractivity contribution is -0.910. The molecule has 0 radical (unpaired) electrons. The highest BCUT2D eigenvalue weighted by Gasteiger charge is 2.26. The molecule has 0 spiro atoms. The zero-order valence-corrected chi connectivity index (χ0v) is 19.9. The third-order valence-corrected chi connectivity index (χ3v) is 6.35. The van der Waals surface area contributed by atoms with Gasteiger partial charge >= 0.3 is 0 Å². The Kier molecular flexibility index (Phi) is 6.34. The first kappa shape index (κ1) is 21.8. The summed E-state index contributed by atoms with van der Waals surface area (Å²) in [6.07, 6.45) is 4.60. The van der Waals surface area contributed by atoms with E-state index in [1.807, 2.05) is 36.4 Å². The minimum atomic E-state index is -0.111. The van der Waals surface area contributed by atoms with Crippen molar-refractivity contribution < 1.29 is 38.0 Å². The average molecular weight is 526 g/mol. The standard InChI is InChI=1S/C26H26N2O2.HI/c1-28(14-4-5-15-28)17-19-8-11-22(12-9-19)27-26(29)21-16-24-23-7-3-2-6-20(23)10-13-25(24)30-18-21;/h2-3,6-13,16H,4-5,14-15,17-18H2,1H3;1H. The topological polar surface area (TPSA) is 38.3 Å². The van der Waals surface area contributed by atoms with Crippen LogP contribution in [0.5, 0.6) is 5.75 Å². The van der Waals surface area contributed by atoms with Gasteiger partial charge in [0.15, 0.2) is 0 Å². The highest BCUT2D eigenvalue weighted by atomic mass is 127. The number of carbonyl (C=O) groups is 1. The van der Waals surface area contributed by atoms with E-state index in [1.54, 1.807) is 0 Å². The first-order valence-corrected chi connectivity index (χ1v) is 10.7. The van der Waals surface area contributed by atoms with Gasteiger partial charge in [-0.05, 0) is 35.0 Å². The van der Waals surface area contributed by atoms with Crippen molar-refractivity contribution >= 4 is 28.4 Å². The summed E-state index contributed by atoms with van der Waals surface area (Å²) in [5, 5.41) is 5.27. The number of hydrogen-bond donors (Lipinski definition) is 1. The highest BCUT2D eigenvalue weighted by Crippen LogP contribution is 2.33. The van der Waals surface area contributed by atoms with Gasteiger partial charge in [0, 0.05) is 29.7 Å². The highest BCUT2D eigenvalue weighted by molar-refractivity contribution is 6.09. The SMILES string of the molecule is C[N+]1(Cc2ccc(NC(=O)C3=Cc4c(ccc5ccccc45)OC3)cc2)CCCC1.[I-]. The van der Waals surface area contributed by atoms with Crippen LogP contribution in [0.25, 0.3) is 16.8 Å². The molecule has 31 heavy (non-hydrogen) atoms. The quantitative estimate of drug-likeness (QED) is 0.418. The number of nitrogens with zero attached hydrogens (tertiary/aromatic N) is 1. The number of anilines is 1. The smallest absolute Gasteiger partial charge is 0.255 e. The lowest BCUT2D eigenvalue weighted by Crippen LogP contribution is -3.00. The van der Waals surface area contributed by atoms with Gasteiger partial charge in [-0.25, -0.2) is 0 Å². The Bertz CT molecular complexity index is 1130. The molecule has 0 atom stereocenters. The first-order chi connectivity index (χ1) is 14.6. The van der Waals surface area contributed by atoms with Crippen molar-refractivity contribution in [1.29, 1.82) is 0 Å². The van der Waals surface area contributed by atoms with Gasteiger partial charge in [0.05, 0.1) is 25.7 Å². The Labute approximate surface area is 200 Å². The molecule has 5 rings (SSSR count). The molecule has 2 aliphatic rings. The predicted octanol–water partition coefficient (Wildman–Crippen LogP) is 2.00. The van der Waals surface area contributed by atoms with E-state index in [2.05, 4.69) is 42.7 Å². The molecule has 3 aromatic carbocycles. The zero-order chi connectivity index (χ0) is 20.6. The van der Waals surface area contributed by atoms with Crippen LogP contribution in [0, 0.1) is 0 Å². The van der Waals surface area contributed by atoms with Crippen LogP contribution in [0.1, 0.15) is 24.0 Å². The van der Waals surface area contributed by atoms with Crippen molar-refractivity contribution in [2.75, 3.05) is 32.1 Å². The molecular weight excluding hydrogens is 499 g/mol. The monoisotopic (exact) mass is 526 g/mol. The van der Waals surface area contributed by atoms with Crippen LogP contribution < -0.4 is 34.0 Å². The van der Waals surface area contributed by atoms with E-state index in [0.717, 1.165) is 38.8 Å². The summed E-state index contributed by atoms with van der Waals surface area (Å²) in [4.78, 5) is 12.9. The van der Waals surface area contributed by atoms with E-state index in [1.165, 1.54) is 31.5 Å². The molecular formula is C26H27IN2O2. The molecule has 1 N–H and O–H groups in total. The molecule has 0 saturated carbocycles. The Morgan fingerprint density at radius 2 is 1.74 bits per heavy atom. The zero-order valence-electron chi connectivity index (χ0n) is 17.7. The number of carbonyl (C=O) groups excluding carboxylic acids is 1. The second-order valence-electron chi connectivity index (χ2n) is 8.74. The molecule has 2 aliphatic heterocycles. The van der Waals surface area contributed by atoms with E-state index >= 15 is 0 Å². The third-order valence-electron chi connectivity index (χ3n) is 6.35. The van der Waals surface area contributed by atoms with Gasteiger partial charge in [0.25, 0.3) is 5.91 Å². The van der Waals surface area contributed by atoms with Gasteiger partial charge in [-0.3, -0.25) is 4.79 Å². The minimum absolute atomic E-state index is 0. The summed E-state index contributed by atoms with van der Waals surface area (Å²) in [7, 11) is 2.33. The van der Waals surface area contributed by atoms with Crippen molar-refractivity contribution in [3.05, 3.63) is 77.4 Å². The Hall–Kier alpha value is -2.38. The molecule has 0 aliphatic carbocycles. The van der Waals surface area contributed by atoms with Crippen LogP contribution in [0.15, 0.2) is 66.2 Å². The normalized spacial score (nSPS) is 16.6. The number of likely N-dealkylation sites (tertiary alicyclic amines) is 1. The summed E-state index contributed by atoms with van der Waals surface area (Å²) in [6, 6.07) is 20.5. The Morgan fingerprint density at radius 3 is 2.52 bits per heavy atom. The fourth-order valence-corrected chi connectivity index (χ4v) is 4.66. The molecule has 4 nitrogen and oxygen atoms in total. The van der Waals surface area contributed by atoms with E-state index in [0.29, 0.717) is 5.57 Å². The van der Waals surface area contributed by atoms with Gasteiger partial charge in [-0.2, -0.15) is 0 Å². The number of halogens is 1. The largest absolute Gasteiger partial charge is 1.00 e. The molecule has 1 amide bonds. The minimum Gasteiger partial charge on any atom is -1.00 e. The number of fused-ring (bicyclic) bond motifs is 3. The molecule has 0 bridgehead atoms. The molecule has 1 fully saturated rings. The van der Waals surface area contributed by atoms with Crippen molar-refractivity contribution in [2.24, 2.45) is 0 Å². The molecule has 3 aromatic rings. The van der Waals surface area contributed by atoms with E-state index in [-0.39, 0.29) is 36.5 Å². The fourth-order valence-electron chi connectivity index (χ4n) is 4.66. The van der Waals surface area contributed by atoms with Crippen molar-refractivity contribution in [3.63, 3.8) is 0 Å². The Morgan fingerprint density at radius 1 is 1.00 bits per heavy atom. The van der Waals surface area contributed by atoms with E-state index in [9.17, 15) is 4.79 Å². The van der Waals surface area contributed by atoms with E-state index in [4.69, 9.17) is 4.74 Å². The second kappa shape index (κ2) is 9.01. The molecule has 0 aromatic heterocycles. The van der Waals surface area contributed by atoms with Gasteiger partial charge in [0.2, 0.25) is 0 Å². The van der Waals surface area contributed by atoms with Crippen LogP contribution >= 0.6 is 0 Å². The van der Waals surface area contributed by atoms with Gasteiger partial charge in [0.1, 0.15) is 18.9 Å². The summed E-state index contributed by atoms with van der Waals surface area (Å²) >= 11 is 0. The summed E-state index contributed by atoms with van der Waals surface area (Å²) in [5.74, 6) is 0.716. The first-order valence-electron chi connectivity index (χ1n) is 10.7. The maximum atomic E-state index is 12.9. The lowest BCUT2D eigenvalue weighted by atomic mass is 9.99. The number of amides is 1. The van der Waals surface area contributed by atoms with Gasteiger partial charge in [-0.15, -0.1) is 0 Å². The van der Waals surface area contributed by atoms with Crippen LogP contribution in [0.3, 0.4) is 0 Å². The second-order valence-corrected chi connectivity index (χ2v) is 8.74. The van der Waals surface area contributed by atoms with Crippen molar-refractivity contribution in [2.45, 2.75) is 19.4 Å². The fraction of sp³-hybridized carbons (Fsp3) is 0.269. The van der Waals surface area contributed by atoms with Crippen LogP contribution in [0.4, 0.5) is 5.69 Å². The van der Waals surface area contributed by atoms with E-state index < -0.39 is 0 Å². The molecule has 160 valence electrons. The number of ether oxygens (including phenoxy) is 1. The number of nitrogens with one attached hydrogen (secondary N) is 1. The molecule has 2 heterocycles. The number of quaternary nitrogens is 1. The summed E-state index contributed by atoms with van der Waals surface area (Å²) < 4.78 is 6.99. The maximum absolute atomic E-state index is 12.9. The maximum Gasteiger partial charge on any atom is 0.255 e. The van der Waals surface area contributed by atoms with Gasteiger partial charge in [-0.1, -0.05) is 42.5 Å². The molecule has 5 heteroatoms. The number of benzene rings is 3. The number of hydrogen-bond acceptors (Lipinski definition) is 2. The molecule has 1 saturated heterocycles. The van der Waals surface area contributed by atoms with Crippen LogP contribution in [-0.4, -0.2) is 37.1 Å². The summed E-state index contributed by atoms with van der Waals surface area (Å²) in [6.45, 7) is 3.84. The van der Waals surface area contributed by atoms with Crippen LogP contribution in [-0.2, 0) is 11.3 Å². The summed E-state index contributed by atoms with van der Waals surface area (Å²) in [5.41, 5.74) is 3.75.